The zero-order chi connectivity index (χ0) is 12.1. The smallest absolute Gasteiger partial charge is 0.264 e. The van der Waals surface area contributed by atoms with E-state index in [4.69, 9.17) is 0 Å². The fraction of sp³-hybridized carbons (Fsp3) is 0.545. The van der Waals surface area contributed by atoms with Gasteiger partial charge in [-0.2, -0.15) is 0 Å². The Bertz CT molecular complexity index is 437. The number of unbranched alkanes of at least 4 members (excludes halogenated alkanes) is 1. The van der Waals surface area contributed by atoms with E-state index in [1.807, 2.05) is 6.92 Å². The molecule has 0 unspecified atom stereocenters. The van der Waals surface area contributed by atoms with Crippen molar-refractivity contribution in [3.05, 3.63) is 27.4 Å². The minimum Gasteiger partial charge on any atom is -0.352 e. The average molecular weight is 223 g/mol. The molecule has 0 saturated carbocycles. The molecule has 1 aromatic rings. The van der Waals surface area contributed by atoms with Gasteiger partial charge in [0.2, 0.25) is 0 Å². The molecule has 1 amide bonds. The van der Waals surface area contributed by atoms with Crippen molar-refractivity contribution >= 4 is 5.91 Å². The summed E-state index contributed by atoms with van der Waals surface area (Å²) in [5.74, 6) is 0.173. The molecule has 0 aliphatic rings. The highest BCUT2D eigenvalue weighted by atomic mass is 16.2. The molecule has 0 bridgehead atoms. The molecule has 0 saturated heterocycles. The first-order valence-corrected chi connectivity index (χ1v) is 5.42. The summed E-state index contributed by atoms with van der Waals surface area (Å²) in [6.45, 7) is 5.98. The second kappa shape index (κ2) is 5.44. The molecule has 16 heavy (non-hydrogen) atoms. The molecule has 2 N–H and O–H groups in total. The largest absolute Gasteiger partial charge is 0.352 e. The summed E-state index contributed by atoms with van der Waals surface area (Å²) in [5, 5.41) is 2.70. The molecule has 0 aliphatic heterocycles. The Morgan fingerprint density at radius 1 is 1.44 bits per heavy atom. The maximum absolute atomic E-state index is 11.7. The van der Waals surface area contributed by atoms with Crippen molar-refractivity contribution in [1.29, 1.82) is 0 Å². The van der Waals surface area contributed by atoms with E-state index in [0.29, 0.717) is 18.1 Å². The zero-order valence-electron chi connectivity index (χ0n) is 9.89. The van der Waals surface area contributed by atoms with E-state index in [0.717, 1.165) is 12.8 Å². The number of hydrogen-bond acceptors (Lipinski definition) is 3. The van der Waals surface area contributed by atoms with Crippen LogP contribution in [-0.2, 0) is 0 Å². The van der Waals surface area contributed by atoms with Gasteiger partial charge in [-0.15, -0.1) is 0 Å². The summed E-state index contributed by atoms with van der Waals surface area (Å²) in [5.41, 5.74) is 0.205. The molecule has 0 radical (unpaired) electrons. The molecule has 1 rings (SSSR count). The molecule has 0 aromatic carbocycles. The first kappa shape index (κ1) is 12.4. The molecule has 1 heterocycles. The Kier molecular flexibility index (Phi) is 4.22. The Morgan fingerprint density at radius 3 is 2.69 bits per heavy atom. The summed E-state index contributed by atoms with van der Waals surface area (Å²) in [7, 11) is 0. The lowest BCUT2D eigenvalue weighted by atomic mass is 10.2. The highest BCUT2D eigenvalue weighted by Gasteiger charge is 2.14. The number of aromatic nitrogens is 2. The summed E-state index contributed by atoms with van der Waals surface area (Å²) < 4.78 is 0. The lowest BCUT2D eigenvalue weighted by Crippen LogP contribution is -2.32. The van der Waals surface area contributed by atoms with Crippen LogP contribution in [0.5, 0.6) is 0 Å². The van der Waals surface area contributed by atoms with Gasteiger partial charge in [0.1, 0.15) is 11.4 Å². The van der Waals surface area contributed by atoms with Crippen molar-refractivity contribution in [3.8, 4) is 0 Å². The van der Waals surface area contributed by atoms with E-state index in [9.17, 15) is 9.59 Å². The molecular formula is C11H17N3O2. The van der Waals surface area contributed by atoms with Crippen molar-refractivity contribution in [2.45, 2.75) is 33.6 Å². The van der Waals surface area contributed by atoms with Gasteiger partial charge in [0.15, 0.2) is 0 Å². The molecule has 0 aliphatic carbocycles. The van der Waals surface area contributed by atoms with Gasteiger partial charge in [-0.3, -0.25) is 9.59 Å². The highest BCUT2D eigenvalue weighted by Crippen LogP contribution is 1.98. The van der Waals surface area contributed by atoms with Gasteiger partial charge in [-0.05, 0) is 20.3 Å². The number of rotatable bonds is 4. The normalized spacial score (nSPS) is 10.2. The van der Waals surface area contributed by atoms with Crippen LogP contribution in [0.25, 0.3) is 0 Å². The molecule has 0 fully saturated rings. The van der Waals surface area contributed by atoms with Gasteiger partial charge in [0.05, 0.1) is 5.69 Å². The monoisotopic (exact) mass is 223 g/mol. The predicted octanol–water partition coefficient (Wildman–Crippen LogP) is 0.917. The Morgan fingerprint density at radius 2 is 2.12 bits per heavy atom. The average Bonchev–Trinajstić information content (AvgIpc) is 2.16. The third-order valence-electron chi connectivity index (χ3n) is 2.26. The van der Waals surface area contributed by atoms with Crippen LogP contribution in [0.4, 0.5) is 0 Å². The summed E-state index contributed by atoms with van der Waals surface area (Å²) >= 11 is 0. The third kappa shape index (κ3) is 2.92. The number of nitrogens with zero attached hydrogens (tertiary/aromatic N) is 1. The van der Waals surface area contributed by atoms with Crippen molar-refractivity contribution in [2.24, 2.45) is 0 Å². The summed E-state index contributed by atoms with van der Waals surface area (Å²) in [6, 6.07) is 0. The first-order valence-electron chi connectivity index (χ1n) is 5.42. The van der Waals surface area contributed by atoms with Gasteiger partial charge in [-0.25, -0.2) is 4.98 Å². The van der Waals surface area contributed by atoms with Crippen LogP contribution < -0.4 is 10.9 Å². The maximum atomic E-state index is 11.7. The zero-order valence-corrected chi connectivity index (χ0v) is 9.89. The standard InChI is InChI=1S/C11H17N3O2/c1-4-5-6-12-10(15)9-7(2)13-8(3)14-11(9)16/h4-6H2,1-3H3,(H,12,15)(H,13,14,16). The molecular weight excluding hydrogens is 206 g/mol. The van der Waals surface area contributed by atoms with Crippen LogP contribution >= 0.6 is 0 Å². The van der Waals surface area contributed by atoms with E-state index < -0.39 is 0 Å². The minimum atomic E-state index is -0.376. The van der Waals surface area contributed by atoms with E-state index in [2.05, 4.69) is 15.3 Å². The Balaban J connectivity index is 2.87. The van der Waals surface area contributed by atoms with E-state index in [1.54, 1.807) is 13.8 Å². The Labute approximate surface area is 94.3 Å². The SMILES string of the molecule is CCCCNC(=O)c1c(C)nc(C)[nH]c1=O. The second-order valence-electron chi connectivity index (χ2n) is 3.72. The topological polar surface area (TPSA) is 74.8 Å². The fourth-order valence-electron chi connectivity index (χ4n) is 1.46. The van der Waals surface area contributed by atoms with Gasteiger partial charge in [-0.1, -0.05) is 13.3 Å². The number of aryl methyl sites for hydroxylation is 2. The fourth-order valence-corrected chi connectivity index (χ4v) is 1.46. The van der Waals surface area contributed by atoms with E-state index >= 15 is 0 Å². The number of carbonyl (C=O) groups excluding carboxylic acids is 1. The van der Waals surface area contributed by atoms with Crippen molar-refractivity contribution in [2.75, 3.05) is 6.54 Å². The second-order valence-corrected chi connectivity index (χ2v) is 3.72. The van der Waals surface area contributed by atoms with Crippen molar-refractivity contribution < 1.29 is 4.79 Å². The van der Waals surface area contributed by atoms with Gasteiger partial charge < -0.3 is 10.3 Å². The Hall–Kier alpha value is -1.65. The summed E-state index contributed by atoms with van der Waals surface area (Å²) in [4.78, 5) is 29.9. The number of hydrogen-bond donors (Lipinski definition) is 2. The maximum Gasteiger partial charge on any atom is 0.264 e. The van der Waals surface area contributed by atoms with E-state index in [-0.39, 0.29) is 17.0 Å². The quantitative estimate of drug-likeness (QED) is 0.745. The van der Waals surface area contributed by atoms with Gasteiger partial charge in [0.25, 0.3) is 11.5 Å². The lowest BCUT2D eigenvalue weighted by Gasteiger charge is -2.06. The first-order chi connectivity index (χ1) is 7.56. The number of amides is 1. The number of nitrogens with one attached hydrogen (secondary N) is 2. The van der Waals surface area contributed by atoms with Crippen molar-refractivity contribution in [1.82, 2.24) is 15.3 Å². The van der Waals surface area contributed by atoms with Crippen LogP contribution in [0.3, 0.4) is 0 Å². The highest BCUT2D eigenvalue weighted by molar-refractivity contribution is 5.94. The minimum absolute atomic E-state index is 0.113. The van der Waals surface area contributed by atoms with Gasteiger partial charge in [0, 0.05) is 6.54 Å². The van der Waals surface area contributed by atoms with Crippen LogP contribution in [-0.4, -0.2) is 22.4 Å². The lowest BCUT2D eigenvalue weighted by molar-refractivity contribution is 0.0950. The molecule has 1 aromatic heterocycles. The number of H-pyrrole nitrogens is 1. The van der Waals surface area contributed by atoms with Crippen LogP contribution in [0.15, 0.2) is 4.79 Å². The van der Waals surface area contributed by atoms with Crippen LogP contribution in [0, 0.1) is 13.8 Å². The van der Waals surface area contributed by atoms with Crippen molar-refractivity contribution in [3.63, 3.8) is 0 Å². The number of carbonyl (C=O) groups is 1. The molecule has 0 atom stereocenters. The number of aromatic amines is 1. The third-order valence-corrected chi connectivity index (χ3v) is 2.26. The van der Waals surface area contributed by atoms with Crippen LogP contribution in [0.1, 0.15) is 41.6 Å². The predicted molar refractivity (Wildman–Crippen MR) is 61.6 cm³/mol. The molecule has 5 heteroatoms. The summed E-state index contributed by atoms with van der Waals surface area (Å²) in [6.07, 6.45) is 1.91. The van der Waals surface area contributed by atoms with Crippen LogP contribution in [0.2, 0.25) is 0 Å². The van der Waals surface area contributed by atoms with E-state index in [1.165, 1.54) is 0 Å². The molecule has 0 spiro atoms. The molecule has 5 nitrogen and oxygen atoms in total. The molecule has 88 valence electrons. The van der Waals surface area contributed by atoms with Gasteiger partial charge >= 0.3 is 0 Å².